The molecule has 20 heavy (non-hydrogen) atoms. The van der Waals surface area contributed by atoms with Gasteiger partial charge in [0.2, 0.25) is 0 Å². The lowest BCUT2D eigenvalue weighted by Crippen LogP contribution is -2.30. The molecular weight excluding hydrogens is 293 g/mol. The van der Waals surface area contributed by atoms with E-state index in [-0.39, 0.29) is 6.10 Å². The van der Waals surface area contributed by atoms with E-state index in [1.165, 1.54) is 0 Å². The molecule has 1 aliphatic rings. The first-order chi connectivity index (χ1) is 9.66. The smallest absolute Gasteiger partial charge is 0.0826 e. The van der Waals surface area contributed by atoms with Crippen LogP contribution in [0.3, 0.4) is 0 Å². The molecule has 1 atom stereocenters. The van der Waals surface area contributed by atoms with Gasteiger partial charge >= 0.3 is 0 Å². The van der Waals surface area contributed by atoms with Crippen LogP contribution in [0.1, 0.15) is 23.7 Å². The van der Waals surface area contributed by atoms with E-state index in [4.69, 9.17) is 23.2 Å². The molecule has 0 aliphatic carbocycles. The third kappa shape index (κ3) is 2.51. The Kier molecular flexibility index (Phi) is 3.88. The third-order valence-corrected chi connectivity index (χ3v) is 4.56. The molecule has 2 nitrogen and oxygen atoms in total. The molecule has 3 rings (SSSR count). The summed E-state index contributed by atoms with van der Waals surface area (Å²) in [5.41, 5.74) is 3.06. The van der Waals surface area contributed by atoms with Gasteiger partial charge in [-0.15, -0.1) is 0 Å². The maximum atomic E-state index is 10.1. The zero-order chi connectivity index (χ0) is 14.1. The minimum atomic E-state index is -0.378. The predicted molar refractivity (Wildman–Crippen MR) is 83.5 cm³/mol. The van der Waals surface area contributed by atoms with E-state index in [0.29, 0.717) is 16.6 Å². The topological polar surface area (TPSA) is 23.5 Å². The summed E-state index contributed by atoms with van der Waals surface area (Å²) in [6, 6.07) is 13.7. The number of hydrogen-bond donors (Lipinski definition) is 1. The lowest BCUT2D eigenvalue weighted by Gasteiger charge is -2.34. The average molecular weight is 308 g/mol. The highest BCUT2D eigenvalue weighted by atomic mass is 35.5. The molecule has 1 heterocycles. The van der Waals surface area contributed by atoms with Crippen LogP contribution in [0.25, 0.3) is 0 Å². The van der Waals surface area contributed by atoms with Gasteiger partial charge in [0.15, 0.2) is 0 Å². The van der Waals surface area contributed by atoms with Gasteiger partial charge < -0.3 is 10.0 Å². The van der Waals surface area contributed by atoms with E-state index in [0.717, 1.165) is 29.8 Å². The molecule has 0 radical (unpaired) electrons. The average Bonchev–Trinajstić information content (AvgIpc) is 2.47. The van der Waals surface area contributed by atoms with Gasteiger partial charge in [-0.05, 0) is 24.1 Å². The van der Waals surface area contributed by atoms with Crippen LogP contribution in [0.5, 0.6) is 0 Å². The largest absolute Gasteiger partial charge is 0.388 e. The summed E-state index contributed by atoms with van der Waals surface area (Å²) in [7, 11) is 0. The van der Waals surface area contributed by atoms with Crippen LogP contribution in [0.4, 0.5) is 5.69 Å². The maximum absolute atomic E-state index is 10.1. The van der Waals surface area contributed by atoms with Crippen LogP contribution in [-0.4, -0.2) is 11.7 Å². The van der Waals surface area contributed by atoms with Crippen molar-refractivity contribution in [2.24, 2.45) is 0 Å². The van der Waals surface area contributed by atoms with Gasteiger partial charge in [-0.3, -0.25) is 0 Å². The zero-order valence-corrected chi connectivity index (χ0v) is 12.4. The Morgan fingerprint density at radius 1 is 1.10 bits per heavy atom. The molecular formula is C16H15Cl2NO. The fourth-order valence-electron chi connectivity index (χ4n) is 2.65. The maximum Gasteiger partial charge on any atom is 0.0826 e. The number of fused-ring (bicyclic) bond motifs is 1. The molecule has 4 heteroatoms. The predicted octanol–water partition coefficient (Wildman–Crippen LogP) is 4.44. The van der Waals surface area contributed by atoms with Crippen LogP contribution < -0.4 is 4.90 Å². The van der Waals surface area contributed by atoms with E-state index in [2.05, 4.69) is 4.90 Å². The Hall–Kier alpha value is -1.22. The number of nitrogens with zero attached hydrogens (tertiary/aromatic N) is 1. The second kappa shape index (κ2) is 5.65. The Morgan fingerprint density at radius 2 is 1.90 bits per heavy atom. The summed E-state index contributed by atoms with van der Waals surface area (Å²) in [5.74, 6) is 0. The Morgan fingerprint density at radius 3 is 2.75 bits per heavy atom. The Bertz CT molecular complexity index is 630. The van der Waals surface area contributed by atoms with Crippen molar-refractivity contribution in [1.82, 2.24) is 0 Å². The SMILES string of the molecule is OC1CCN(Cc2cccc(Cl)c2Cl)c2ccccc21. The highest BCUT2D eigenvalue weighted by Gasteiger charge is 2.23. The number of halogens is 2. The highest BCUT2D eigenvalue weighted by molar-refractivity contribution is 6.42. The monoisotopic (exact) mass is 307 g/mol. The second-order valence-electron chi connectivity index (χ2n) is 5.00. The fraction of sp³-hybridized carbons (Fsp3) is 0.250. The van der Waals surface area contributed by atoms with Crippen molar-refractivity contribution in [3.05, 3.63) is 63.6 Å². The molecule has 2 aromatic rings. The number of benzene rings is 2. The van der Waals surface area contributed by atoms with Gasteiger partial charge in [-0.1, -0.05) is 53.5 Å². The Labute approximate surface area is 128 Å². The molecule has 0 saturated heterocycles. The van der Waals surface area contributed by atoms with Gasteiger partial charge in [-0.2, -0.15) is 0 Å². The lowest BCUT2D eigenvalue weighted by atomic mass is 9.98. The summed E-state index contributed by atoms with van der Waals surface area (Å²) in [5, 5.41) is 11.3. The number of aliphatic hydroxyl groups is 1. The molecule has 0 spiro atoms. The second-order valence-corrected chi connectivity index (χ2v) is 5.78. The normalized spacial score (nSPS) is 17.9. The number of hydrogen-bond acceptors (Lipinski definition) is 2. The highest BCUT2D eigenvalue weighted by Crippen LogP contribution is 2.35. The van der Waals surface area contributed by atoms with Crippen LogP contribution in [0.15, 0.2) is 42.5 Å². The molecule has 1 unspecified atom stereocenters. The molecule has 0 aromatic heterocycles. The first-order valence-electron chi connectivity index (χ1n) is 6.61. The molecule has 104 valence electrons. The molecule has 0 bridgehead atoms. The first kappa shape index (κ1) is 13.7. The quantitative estimate of drug-likeness (QED) is 0.886. The van der Waals surface area contributed by atoms with E-state index in [9.17, 15) is 5.11 Å². The van der Waals surface area contributed by atoms with Gasteiger partial charge in [0.05, 0.1) is 16.1 Å². The lowest BCUT2D eigenvalue weighted by molar-refractivity contribution is 0.164. The zero-order valence-electron chi connectivity index (χ0n) is 10.9. The standard InChI is InChI=1S/C16H15Cl2NO/c17-13-6-3-4-11(16(13)18)10-19-9-8-15(20)12-5-1-2-7-14(12)19/h1-7,15,20H,8-10H2. The van der Waals surface area contributed by atoms with Crippen LogP contribution in [-0.2, 0) is 6.54 Å². The van der Waals surface area contributed by atoms with Gasteiger partial charge in [0.25, 0.3) is 0 Å². The number of rotatable bonds is 2. The van der Waals surface area contributed by atoms with Crippen LogP contribution in [0, 0.1) is 0 Å². The summed E-state index contributed by atoms with van der Waals surface area (Å²) in [6.45, 7) is 1.50. The fourth-order valence-corrected chi connectivity index (χ4v) is 3.03. The summed E-state index contributed by atoms with van der Waals surface area (Å²) in [4.78, 5) is 2.24. The van der Waals surface area contributed by atoms with E-state index in [1.54, 1.807) is 6.07 Å². The molecule has 0 fully saturated rings. The number of para-hydroxylation sites is 1. The molecule has 0 amide bonds. The van der Waals surface area contributed by atoms with Gasteiger partial charge in [0.1, 0.15) is 0 Å². The van der Waals surface area contributed by atoms with Gasteiger partial charge in [0, 0.05) is 24.3 Å². The van der Waals surface area contributed by atoms with Crippen molar-refractivity contribution in [2.45, 2.75) is 19.1 Å². The van der Waals surface area contributed by atoms with E-state index >= 15 is 0 Å². The number of anilines is 1. The van der Waals surface area contributed by atoms with Crippen molar-refractivity contribution < 1.29 is 5.11 Å². The molecule has 0 saturated carbocycles. The van der Waals surface area contributed by atoms with Crippen molar-refractivity contribution in [1.29, 1.82) is 0 Å². The van der Waals surface area contributed by atoms with E-state index < -0.39 is 0 Å². The van der Waals surface area contributed by atoms with Crippen molar-refractivity contribution in [3.8, 4) is 0 Å². The van der Waals surface area contributed by atoms with Crippen molar-refractivity contribution in [2.75, 3.05) is 11.4 Å². The minimum Gasteiger partial charge on any atom is -0.388 e. The summed E-state index contributed by atoms with van der Waals surface area (Å²) in [6.07, 6.45) is 0.354. The van der Waals surface area contributed by atoms with Gasteiger partial charge in [-0.25, -0.2) is 0 Å². The Balaban J connectivity index is 1.93. The van der Waals surface area contributed by atoms with Crippen LogP contribution in [0.2, 0.25) is 10.0 Å². The summed E-state index contributed by atoms with van der Waals surface area (Å²) >= 11 is 12.3. The first-order valence-corrected chi connectivity index (χ1v) is 7.37. The minimum absolute atomic E-state index is 0.378. The van der Waals surface area contributed by atoms with E-state index in [1.807, 2.05) is 36.4 Å². The third-order valence-electron chi connectivity index (χ3n) is 3.70. The molecule has 1 N–H and O–H groups in total. The van der Waals surface area contributed by atoms with Crippen LogP contribution >= 0.6 is 23.2 Å². The van der Waals surface area contributed by atoms with Crippen molar-refractivity contribution in [3.63, 3.8) is 0 Å². The molecule has 2 aromatic carbocycles. The molecule has 1 aliphatic heterocycles. The summed E-state index contributed by atoms with van der Waals surface area (Å²) < 4.78 is 0. The van der Waals surface area contributed by atoms with Crippen molar-refractivity contribution >= 4 is 28.9 Å². The number of aliphatic hydroxyl groups excluding tert-OH is 1.